The van der Waals surface area contributed by atoms with E-state index < -0.39 is 7.32 Å². The number of hydrogen-bond acceptors (Lipinski definition) is 5. The zero-order chi connectivity index (χ0) is 9.14. The number of rotatable bonds is 2. The number of aromatic hydroxyl groups is 1. The second-order valence-corrected chi connectivity index (χ2v) is 2.14. The average molecular weight is 169 g/mol. The number of nitrogens with two attached hydrogens (primary N) is 1. The van der Waals surface area contributed by atoms with Crippen LogP contribution in [-0.4, -0.2) is 22.5 Å². The van der Waals surface area contributed by atoms with E-state index in [0.29, 0.717) is 0 Å². The third-order valence-corrected chi connectivity index (χ3v) is 1.26. The lowest BCUT2D eigenvalue weighted by atomic mass is 10.2. The van der Waals surface area contributed by atoms with Gasteiger partial charge < -0.3 is 25.5 Å². The summed E-state index contributed by atoms with van der Waals surface area (Å²) in [6.45, 7) is 0. The second kappa shape index (κ2) is 3.33. The maximum atomic E-state index is 9.17. The van der Waals surface area contributed by atoms with E-state index in [9.17, 15) is 5.11 Å². The lowest BCUT2D eigenvalue weighted by Crippen LogP contribution is -2.20. The van der Waals surface area contributed by atoms with Gasteiger partial charge in [0.2, 0.25) is 0 Å². The van der Waals surface area contributed by atoms with Crippen LogP contribution < -0.4 is 10.4 Å². The summed E-state index contributed by atoms with van der Waals surface area (Å²) in [5.74, 6) is -0.365. The normalized spacial score (nSPS) is 9.50. The van der Waals surface area contributed by atoms with Crippen molar-refractivity contribution in [2.45, 2.75) is 0 Å². The summed E-state index contributed by atoms with van der Waals surface area (Å²) in [7, 11) is -1.96. The van der Waals surface area contributed by atoms with Crippen molar-refractivity contribution in [1.82, 2.24) is 0 Å². The number of hydrogen-bond donors (Lipinski definition) is 4. The quantitative estimate of drug-likeness (QED) is 0.267. The van der Waals surface area contributed by atoms with Crippen LogP contribution in [0.4, 0.5) is 5.69 Å². The highest BCUT2D eigenvalue weighted by Gasteiger charge is 2.14. The van der Waals surface area contributed by atoms with Crippen LogP contribution in [0, 0.1) is 0 Å². The summed E-state index contributed by atoms with van der Waals surface area (Å²) in [6, 6.07) is 4.35. The molecular weight excluding hydrogens is 161 g/mol. The van der Waals surface area contributed by atoms with Gasteiger partial charge in [-0.1, -0.05) is 6.07 Å². The molecule has 0 heterocycles. The Hall–Kier alpha value is -1.40. The zero-order valence-electron chi connectivity index (χ0n) is 6.14. The smallest absolute Gasteiger partial charge is 0.509 e. The maximum absolute atomic E-state index is 9.17. The molecule has 0 fully saturated rings. The largest absolute Gasteiger partial charge is 0.707 e. The highest BCUT2D eigenvalue weighted by Crippen LogP contribution is 2.31. The standard InChI is InChI=1S/C6H8BNO4/c8-4-2-1-3-5(6(4)9)12-7(10)11/h1-3,9-11H,8H2. The Morgan fingerprint density at radius 3 is 2.58 bits per heavy atom. The highest BCUT2D eigenvalue weighted by molar-refractivity contribution is 6.33. The molecule has 1 aromatic carbocycles. The van der Waals surface area contributed by atoms with Gasteiger partial charge in [-0.25, -0.2) is 0 Å². The van der Waals surface area contributed by atoms with E-state index in [1.807, 2.05) is 0 Å². The molecule has 1 rings (SSSR count). The molecule has 0 saturated heterocycles. The summed E-state index contributed by atoms with van der Waals surface area (Å²) < 4.78 is 4.41. The lowest BCUT2D eigenvalue weighted by molar-refractivity contribution is 0.281. The van der Waals surface area contributed by atoms with Crippen molar-refractivity contribution in [3.8, 4) is 11.5 Å². The first kappa shape index (κ1) is 8.70. The van der Waals surface area contributed by atoms with Gasteiger partial charge in [-0.05, 0) is 12.1 Å². The van der Waals surface area contributed by atoms with Crippen molar-refractivity contribution in [3.05, 3.63) is 18.2 Å². The third kappa shape index (κ3) is 1.80. The fraction of sp³-hybridized carbons (Fsp3) is 0. The van der Waals surface area contributed by atoms with E-state index >= 15 is 0 Å². The van der Waals surface area contributed by atoms with Crippen LogP contribution in [-0.2, 0) is 0 Å². The molecule has 0 aliphatic rings. The molecule has 0 spiro atoms. The molecule has 0 saturated carbocycles. The Balaban J connectivity index is 2.92. The van der Waals surface area contributed by atoms with E-state index in [1.165, 1.54) is 18.2 Å². The van der Waals surface area contributed by atoms with Gasteiger partial charge in [0, 0.05) is 0 Å². The molecule has 0 atom stereocenters. The van der Waals surface area contributed by atoms with E-state index in [1.54, 1.807) is 0 Å². The molecule has 64 valence electrons. The summed E-state index contributed by atoms with van der Waals surface area (Å²) in [5.41, 5.74) is 5.42. The maximum Gasteiger partial charge on any atom is 0.707 e. The van der Waals surface area contributed by atoms with Crippen LogP contribution in [0.5, 0.6) is 11.5 Å². The Morgan fingerprint density at radius 2 is 2.00 bits per heavy atom. The van der Waals surface area contributed by atoms with Gasteiger partial charge in [0.15, 0.2) is 5.75 Å². The van der Waals surface area contributed by atoms with Gasteiger partial charge >= 0.3 is 7.32 Å². The van der Waals surface area contributed by atoms with Crippen molar-refractivity contribution >= 4 is 13.0 Å². The molecule has 0 unspecified atom stereocenters. The van der Waals surface area contributed by atoms with Crippen LogP contribution in [0.25, 0.3) is 0 Å². The van der Waals surface area contributed by atoms with Crippen molar-refractivity contribution < 1.29 is 19.8 Å². The summed E-state index contributed by atoms with van der Waals surface area (Å²) in [4.78, 5) is 0. The number of benzene rings is 1. The predicted octanol–water partition coefficient (Wildman–Crippen LogP) is -0.677. The van der Waals surface area contributed by atoms with Crippen LogP contribution in [0.3, 0.4) is 0 Å². The van der Waals surface area contributed by atoms with Gasteiger partial charge in [0.25, 0.3) is 0 Å². The van der Waals surface area contributed by atoms with Crippen molar-refractivity contribution in [3.63, 3.8) is 0 Å². The molecule has 0 radical (unpaired) electrons. The van der Waals surface area contributed by atoms with Crippen LogP contribution >= 0.6 is 0 Å². The fourth-order valence-corrected chi connectivity index (χ4v) is 0.748. The number of phenols is 1. The first-order valence-electron chi connectivity index (χ1n) is 3.21. The topological polar surface area (TPSA) is 95.9 Å². The molecule has 6 heteroatoms. The minimum absolute atomic E-state index is 0.0648. The Labute approximate surface area is 69.2 Å². The van der Waals surface area contributed by atoms with Gasteiger partial charge in [-0.3, -0.25) is 0 Å². The number of phenolic OH excluding ortho intramolecular Hbond substituents is 1. The van der Waals surface area contributed by atoms with E-state index in [-0.39, 0.29) is 17.2 Å². The summed E-state index contributed by atoms with van der Waals surface area (Å²) in [6.07, 6.45) is 0. The Morgan fingerprint density at radius 1 is 1.33 bits per heavy atom. The third-order valence-electron chi connectivity index (χ3n) is 1.26. The van der Waals surface area contributed by atoms with Gasteiger partial charge in [0.05, 0.1) is 5.69 Å². The molecule has 0 aliphatic carbocycles. The fourth-order valence-electron chi connectivity index (χ4n) is 0.748. The van der Waals surface area contributed by atoms with Gasteiger partial charge in [-0.15, -0.1) is 0 Å². The monoisotopic (exact) mass is 169 g/mol. The van der Waals surface area contributed by atoms with Crippen molar-refractivity contribution in [2.24, 2.45) is 0 Å². The molecular formula is C6H8BNO4. The molecule has 0 aromatic heterocycles. The van der Waals surface area contributed by atoms with Crippen LogP contribution in [0.1, 0.15) is 0 Å². The zero-order valence-corrected chi connectivity index (χ0v) is 6.14. The van der Waals surface area contributed by atoms with Crippen LogP contribution in [0.2, 0.25) is 0 Å². The summed E-state index contributed by atoms with van der Waals surface area (Å²) in [5, 5.41) is 26.0. The average Bonchev–Trinajstić information content (AvgIpc) is 1.98. The highest BCUT2D eigenvalue weighted by atomic mass is 16.6. The molecule has 1 aromatic rings. The van der Waals surface area contributed by atoms with Crippen molar-refractivity contribution in [2.75, 3.05) is 5.73 Å². The minimum atomic E-state index is -1.96. The molecule has 12 heavy (non-hydrogen) atoms. The molecule has 5 N–H and O–H groups in total. The first-order valence-corrected chi connectivity index (χ1v) is 3.21. The summed E-state index contributed by atoms with van der Waals surface area (Å²) >= 11 is 0. The minimum Gasteiger partial charge on any atom is -0.509 e. The Kier molecular flexibility index (Phi) is 2.42. The Bertz CT molecular complexity index is 278. The van der Waals surface area contributed by atoms with Crippen molar-refractivity contribution in [1.29, 1.82) is 0 Å². The van der Waals surface area contributed by atoms with E-state index in [2.05, 4.69) is 4.65 Å². The van der Waals surface area contributed by atoms with Crippen LogP contribution in [0.15, 0.2) is 18.2 Å². The lowest BCUT2D eigenvalue weighted by Gasteiger charge is -2.07. The van der Waals surface area contributed by atoms with E-state index in [4.69, 9.17) is 15.8 Å². The molecule has 0 amide bonds. The first-order chi connectivity index (χ1) is 5.61. The molecule has 0 bridgehead atoms. The van der Waals surface area contributed by atoms with Gasteiger partial charge in [-0.2, -0.15) is 0 Å². The molecule has 5 nitrogen and oxygen atoms in total. The van der Waals surface area contributed by atoms with Gasteiger partial charge in [0.1, 0.15) is 5.75 Å². The van der Waals surface area contributed by atoms with E-state index in [0.717, 1.165) is 0 Å². The number of para-hydroxylation sites is 1. The number of anilines is 1. The predicted molar refractivity (Wildman–Crippen MR) is 43.3 cm³/mol. The second-order valence-electron chi connectivity index (χ2n) is 2.14. The SMILES string of the molecule is Nc1cccc(OB(O)O)c1O. The number of nitrogen functional groups attached to an aromatic ring is 1. The molecule has 0 aliphatic heterocycles.